The predicted molar refractivity (Wildman–Crippen MR) is 109 cm³/mol. The van der Waals surface area contributed by atoms with Gasteiger partial charge in [-0.15, -0.1) is 0 Å². The third-order valence-corrected chi connectivity index (χ3v) is 6.89. The van der Waals surface area contributed by atoms with Crippen molar-refractivity contribution in [2.75, 3.05) is 19.5 Å². The summed E-state index contributed by atoms with van der Waals surface area (Å²) in [7, 11) is -3.14. The van der Waals surface area contributed by atoms with Crippen LogP contribution in [0.5, 0.6) is 11.5 Å². The molecule has 28 heavy (non-hydrogen) atoms. The van der Waals surface area contributed by atoms with Gasteiger partial charge in [-0.05, 0) is 55.9 Å². The molecule has 3 atom stereocenters. The van der Waals surface area contributed by atoms with Crippen LogP contribution >= 0.6 is 0 Å². The smallest absolute Gasteiger partial charge is 0.175 e. The molecule has 1 unspecified atom stereocenters. The Balaban J connectivity index is 1.41. The van der Waals surface area contributed by atoms with Gasteiger partial charge in [-0.1, -0.05) is 24.3 Å². The Labute approximate surface area is 167 Å². The van der Waals surface area contributed by atoms with E-state index in [1.165, 1.54) is 11.8 Å². The number of para-hydroxylation sites is 1. The van der Waals surface area contributed by atoms with Crippen molar-refractivity contribution in [3.8, 4) is 11.5 Å². The molecular formula is C22H27NO4S. The summed E-state index contributed by atoms with van der Waals surface area (Å²) in [6.07, 6.45) is 4.51. The van der Waals surface area contributed by atoms with Crippen LogP contribution in [0.15, 0.2) is 47.4 Å². The highest BCUT2D eigenvalue weighted by molar-refractivity contribution is 7.90. The summed E-state index contributed by atoms with van der Waals surface area (Å²) in [4.78, 5) is 0.383. The zero-order chi connectivity index (χ0) is 19.7. The van der Waals surface area contributed by atoms with Crippen molar-refractivity contribution in [3.05, 3.63) is 53.6 Å². The van der Waals surface area contributed by atoms with E-state index in [1.807, 2.05) is 24.3 Å². The number of sulfone groups is 1. The van der Waals surface area contributed by atoms with Crippen LogP contribution < -0.4 is 14.8 Å². The van der Waals surface area contributed by atoms with Crippen LogP contribution in [0.25, 0.3) is 0 Å². The van der Waals surface area contributed by atoms with E-state index in [0.29, 0.717) is 30.1 Å². The highest BCUT2D eigenvalue weighted by Gasteiger charge is 2.28. The quantitative estimate of drug-likeness (QED) is 0.824. The number of fused-ring (bicyclic) bond motifs is 1. The summed E-state index contributed by atoms with van der Waals surface area (Å²) in [6.45, 7) is 3.36. The Morgan fingerprint density at radius 1 is 1.04 bits per heavy atom. The number of benzene rings is 2. The molecule has 0 radical (unpaired) electrons. The van der Waals surface area contributed by atoms with Gasteiger partial charge in [-0.2, -0.15) is 0 Å². The standard InChI is InChI=1S/C22H27NO4S/c1-15(20-4-3-5-21-22(20)27-13-12-26-21)23-18-9-6-17(14-18)16-7-10-19(11-8-16)28(2,24)25/h3-5,7-8,10-11,15,17-18,23H,6,9,12-14H2,1-2H3/t15-,17?,18+/m1/s1. The number of nitrogens with one attached hydrogen (secondary N) is 1. The molecule has 1 saturated carbocycles. The van der Waals surface area contributed by atoms with Gasteiger partial charge in [-0.25, -0.2) is 8.42 Å². The van der Waals surface area contributed by atoms with Gasteiger partial charge in [0.1, 0.15) is 13.2 Å². The maximum atomic E-state index is 11.6. The van der Waals surface area contributed by atoms with Gasteiger partial charge in [0.2, 0.25) is 0 Å². The van der Waals surface area contributed by atoms with Crippen LogP contribution in [-0.2, 0) is 9.84 Å². The molecular weight excluding hydrogens is 374 g/mol. The number of rotatable bonds is 5. The van der Waals surface area contributed by atoms with Gasteiger partial charge >= 0.3 is 0 Å². The fraction of sp³-hybridized carbons (Fsp3) is 0.455. The Morgan fingerprint density at radius 3 is 2.54 bits per heavy atom. The molecule has 0 amide bonds. The Hall–Kier alpha value is -2.05. The van der Waals surface area contributed by atoms with Crippen LogP contribution in [-0.4, -0.2) is 33.9 Å². The SMILES string of the molecule is C[C@@H](N[C@H]1CCC(c2ccc(S(C)(=O)=O)cc2)C1)c1cccc2c1OCCO2. The molecule has 1 aliphatic carbocycles. The molecule has 0 spiro atoms. The summed E-state index contributed by atoms with van der Waals surface area (Å²) in [5.74, 6) is 2.15. The molecule has 2 aromatic rings. The first-order chi connectivity index (χ1) is 13.4. The summed E-state index contributed by atoms with van der Waals surface area (Å²) in [5, 5.41) is 3.75. The minimum atomic E-state index is -3.14. The molecule has 1 fully saturated rings. The van der Waals surface area contributed by atoms with E-state index < -0.39 is 9.84 Å². The van der Waals surface area contributed by atoms with E-state index in [9.17, 15) is 8.42 Å². The Morgan fingerprint density at radius 2 is 1.79 bits per heavy atom. The second-order valence-corrected chi connectivity index (χ2v) is 9.82. The van der Waals surface area contributed by atoms with Crippen molar-refractivity contribution in [2.45, 2.75) is 49.1 Å². The molecule has 5 nitrogen and oxygen atoms in total. The molecule has 0 saturated heterocycles. The first-order valence-electron chi connectivity index (χ1n) is 9.86. The average molecular weight is 402 g/mol. The highest BCUT2D eigenvalue weighted by atomic mass is 32.2. The van der Waals surface area contributed by atoms with Gasteiger partial charge in [0, 0.05) is 23.9 Å². The van der Waals surface area contributed by atoms with E-state index in [-0.39, 0.29) is 6.04 Å². The van der Waals surface area contributed by atoms with Crippen molar-refractivity contribution in [1.82, 2.24) is 5.32 Å². The molecule has 2 aliphatic rings. The number of hydrogen-bond donors (Lipinski definition) is 1. The van der Waals surface area contributed by atoms with Crippen LogP contribution in [0.2, 0.25) is 0 Å². The Bertz CT molecular complexity index is 940. The summed E-state index contributed by atoms with van der Waals surface area (Å²) in [6, 6.07) is 14.0. The minimum absolute atomic E-state index is 0.174. The lowest BCUT2D eigenvalue weighted by Gasteiger charge is -2.26. The van der Waals surface area contributed by atoms with Crippen LogP contribution in [0.4, 0.5) is 0 Å². The first-order valence-corrected chi connectivity index (χ1v) is 11.8. The molecule has 6 heteroatoms. The first kappa shape index (κ1) is 19.3. The van der Waals surface area contributed by atoms with Crippen molar-refractivity contribution in [1.29, 1.82) is 0 Å². The monoisotopic (exact) mass is 401 g/mol. The van der Waals surface area contributed by atoms with Crippen molar-refractivity contribution in [3.63, 3.8) is 0 Å². The van der Waals surface area contributed by atoms with E-state index in [0.717, 1.165) is 36.3 Å². The van der Waals surface area contributed by atoms with E-state index in [1.54, 1.807) is 12.1 Å². The molecule has 0 aromatic heterocycles. The van der Waals surface area contributed by atoms with Gasteiger partial charge in [0.25, 0.3) is 0 Å². The van der Waals surface area contributed by atoms with E-state index in [2.05, 4.69) is 18.3 Å². The fourth-order valence-electron chi connectivity index (χ4n) is 4.30. The fourth-order valence-corrected chi connectivity index (χ4v) is 4.93. The maximum absolute atomic E-state index is 11.6. The third kappa shape index (κ3) is 4.03. The zero-order valence-corrected chi connectivity index (χ0v) is 17.2. The van der Waals surface area contributed by atoms with E-state index >= 15 is 0 Å². The highest BCUT2D eigenvalue weighted by Crippen LogP contribution is 2.39. The summed E-state index contributed by atoms with van der Waals surface area (Å²) in [5.41, 5.74) is 2.36. The van der Waals surface area contributed by atoms with Crippen LogP contribution in [0, 0.1) is 0 Å². The molecule has 150 valence electrons. The van der Waals surface area contributed by atoms with Crippen LogP contribution in [0.3, 0.4) is 0 Å². The minimum Gasteiger partial charge on any atom is -0.486 e. The average Bonchev–Trinajstić information content (AvgIpc) is 3.15. The summed E-state index contributed by atoms with van der Waals surface area (Å²) >= 11 is 0. The molecule has 1 heterocycles. The molecule has 2 aromatic carbocycles. The Kier molecular flexibility index (Phi) is 5.34. The normalized spacial score (nSPS) is 22.8. The molecule has 1 N–H and O–H groups in total. The predicted octanol–water partition coefficient (Wildman–Crippen LogP) is 3.85. The van der Waals surface area contributed by atoms with Gasteiger partial charge < -0.3 is 14.8 Å². The largest absolute Gasteiger partial charge is 0.486 e. The lowest BCUT2D eigenvalue weighted by Crippen LogP contribution is -2.30. The second kappa shape index (κ2) is 7.76. The van der Waals surface area contributed by atoms with Gasteiger partial charge in [0.15, 0.2) is 21.3 Å². The summed E-state index contributed by atoms with van der Waals surface area (Å²) < 4.78 is 34.8. The van der Waals surface area contributed by atoms with Crippen molar-refractivity contribution in [2.24, 2.45) is 0 Å². The zero-order valence-electron chi connectivity index (χ0n) is 16.4. The van der Waals surface area contributed by atoms with Crippen molar-refractivity contribution >= 4 is 9.84 Å². The van der Waals surface area contributed by atoms with E-state index in [4.69, 9.17) is 9.47 Å². The number of ether oxygens (including phenoxy) is 2. The molecule has 0 bridgehead atoms. The van der Waals surface area contributed by atoms with Crippen LogP contribution in [0.1, 0.15) is 49.3 Å². The lowest BCUT2D eigenvalue weighted by molar-refractivity contribution is 0.168. The van der Waals surface area contributed by atoms with Crippen molar-refractivity contribution < 1.29 is 17.9 Å². The van der Waals surface area contributed by atoms with Gasteiger partial charge in [0.05, 0.1) is 4.90 Å². The molecule has 1 aliphatic heterocycles. The third-order valence-electron chi connectivity index (χ3n) is 5.76. The topological polar surface area (TPSA) is 64.6 Å². The van der Waals surface area contributed by atoms with Gasteiger partial charge in [-0.3, -0.25) is 0 Å². The maximum Gasteiger partial charge on any atom is 0.175 e. The second-order valence-electron chi connectivity index (χ2n) is 7.81. The molecule has 4 rings (SSSR count). The lowest BCUT2D eigenvalue weighted by atomic mass is 9.97. The number of hydrogen-bond acceptors (Lipinski definition) is 5.